The smallest absolute Gasteiger partial charge is 0.407 e. The maximum absolute atomic E-state index is 12.8. The number of benzene rings is 2. The second kappa shape index (κ2) is 16.0. The van der Waals surface area contributed by atoms with Gasteiger partial charge in [-0.25, -0.2) is 14.6 Å². The zero-order valence-corrected chi connectivity index (χ0v) is 28.0. The van der Waals surface area contributed by atoms with Crippen molar-refractivity contribution < 1.29 is 24.5 Å². The number of pyridine rings is 1. The zero-order valence-electron chi connectivity index (χ0n) is 28.0. The summed E-state index contributed by atoms with van der Waals surface area (Å²) in [6.45, 7) is 1.55. The van der Waals surface area contributed by atoms with Crippen LogP contribution in [0.3, 0.4) is 0 Å². The van der Waals surface area contributed by atoms with Crippen LogP contribution in [0.2, 0.25) is 0 Å². The van der Waals surface area contributed by atoms with Crippen molar-refractivity contribution in [1.82, 2.24) is 35.1 Å². The number of aliphatic hydroxyl groups excluding tert-OH is 2. The Bertz CT molecular complexity index is 1910. The molecule has 6 N–H and O–H groups in total. The van der Waals surface area contributed by atoms with Gasteiger partial charge < -0.3 is 45.7 Å². The molecule has 2 aromatic carbocycles. The number of aliphatic hydroxyl groups is 2. The van der Waals surface area contributed by atoms with E-state index < -0.39 is 30.4 Å². The van der Waals surface area contributed by atoms with Crippen LogP contribution in [0.4, 0.5) is 27.0 Å². The van der Waals surface area contributed by atoms with E-state index in [1.54, 1.807) is 35.4 Å². The molecular formula is C37H44N10O5. The highest BCUT2D eigenvalue weighted by Gasteiger charge is 2.44. The molecule has 0 radical (unpaired) electrons. The number of alkyl carbamates (subject to hydrolysis) is 1. The second-order valence-corrected chi connectivity index (χ2v) is 12.7. The maximum atomic E-state index is 12.8. The lowest BCUT2D eigenvalue weighted by atomic mass is 9.91. The van der Waals surface area contributed by atoms with Gasteiger partial charge in [0.05, 0.1) is 37.4 Å². The van der Waals surface area contributed by atoms with Crippen molar-refractivity contribution in [3.05, 3.63) is 103 Å². The summed E-state index contributed by atoms with van der Waals surface area (Å²) in [5.74, 6) is 0.934. The van der Waals surface area contributed by atoms with Crippen LogP contribution in [0, 0.1) is 0 Å². The molecule has 2 fully saturated rings. The first kappa shape index (κ1) is 36.0. The van der Waals surface area contributed by atoms with Crippen LogP contribution in [0.25, 0.3) is 11.2 Å². The van der Waals surface area contributed by atoms with Crippen LogP contribution in [0.5, 0.6) is 0 Å². The van der Waals surface area contributed by atoms with Crippen LogP contribution in [-0.4, -0.2) is 97.9 Å². The Hall–Kier alpha value is -5.80. The molecule has 15 nitrogen and oxygen atoms in total. The van der Waals surface area contributed by atoms with Gasteiger partial charge in [0.2, 0.25) is 5.95 Å². The summed E-state index contributed by atoms with van der Waals surface area (Å²) >= 11 is 0. The van der Waals surface area contributed by atoms with Gasteiger partial charge in [0, 0.05) is 37.8 Å². The minimum atomic E-state index is -1.23. The highest BCUT2D eigenvalue weighted by atomic mass is 16.5. The van der Waals surface area contributed by atoms with Crippen molar-refractivity contribution in [2.45, 2.75) is 56.5 Å². The van der Waals surface area contributed by atoms with Gasteiger partial charge in [-0.3, -0.25) is 4.98 Å². The SMILES string of the molecule is C.COC(=O)N[C@@H]1C[C@H](n2cnc3c(NCC(c4ccccc4)c4ccccc4)nc(N4CC[C@@H](NC(=O)Nc5cccnc5)C4)nc32)[C@H](O)[C@@H]1O. The highest BCUT2D eigenvalue weighted by Crippen LogP contribution is 2.35. The summed E-state index contributed by atoms with van der Waals surface area (Å²) in [7, 11) is 1.24. The normalized spacial score (nSPS) is 21.1. The van der Waals surface area contributed by atoms with Gasteiger partial charge in [0.15, 0.2) is 17.0 Å². The molecule has 0 spiro atoms. The van der Waals surface area contributed by atoms with E-state index in [1.807, 2.05) is 41.3 Å². The first-order valence-corrected chi connectivity index (χ1v) is 16.9. The lowest BCUT2D eigenvalue weighted by Crippen LogP contribution is -2.43. The summed E-state index contributed by atoms with van der Waals surface area (Å²) in [5.41, 5.74) is 3.82. The van der Waals surface area contributed by atoms with Crippen molar-refractivity contribution in [1.29, 1.82) is 0 Å². The number of urea groups is 1. The van der Waals surface area contributed by atoms with Crippen LogP contribution in [0.1, 0.15) is 43.4 Å². The maximum Gasteiger partial charge on any atom is 0.407 e. The fourth-order valence-corrected chi connectivity index (χ4v) is 6.90. The number of hydrogen-bond donors (Lipinski definition) is 6. The number of rotatable bonds is 10. The topological polar surface area (TPSA) is 192 Å². The average Bonchev–Trinajstić information content (AvgIpc) is 3.87. The Labute approximate surface area is 301 Å². The number of nitrogens with zero attached hydrogens (tertiary/aromatic N) is 6. The molecule has 5 aromatic rings. The largest absolute Gasteiger partial charge is 0.453 e. The fourth-order valence-electron chi connectivity index (χ4n) is 6.90. The minimum Gasteiger partial charge on any atom is -0.453 e. The van der Waals surface area contributed by atoms with E-state index in [-0.39, 0.29) is 31.8 Å². The molecule has 0 unspecified atom stereocenters. The number of ether oxygens (including phenoxy) is 1. The molecule has 3 amide bonds. The van der Waals surface area contributed by atoms with Gasteiger partial charge in [0.25, 0.3) is 0 Å². The van der Waals surface area contributed by atoms with Gasteiger partial charge in [0.1, 0.15) is 12.2 Å². The first-order valence-electron chi connectivity index (χ1n) is 16.9. The molecule has 3 aromatic heterocycles. The van der Waals surface area contributed by atoms with Gasteiger partial charge in [-0.05, 0) is 36.1 Å². The Morgan fingerprint density at radius 1 is 0.962 bits per heavy atom. The number of amides is 3. The standard InChI is InChI=1S/C36H40N10O5.CH4/c1-51-36(50)42-27-17-28(31(48)30(27)47)46-21-39-29-32(38-19-26(22-9-4-2-5-10-22)23-11-6-3-7-12-23)43-34(44-33(29)46)45-16-14-25(20-45)41-35(49)40-24-13-8-15-37-18-24;/h2-13,15,18,21,25-28,30-31,47-48H,14,16-17,19-20H2,1H3,(H,42,50)(H,38,43,44)(H2,40,41,49);1H4/t25-,27-,28+,30-,31+;/m1./s1. The third-order valence-corrected chi connectivity index (χ3v) is 9.51. The molecule has 0 bridgehead atoms. The number of aromatic nitrogens is 5. The lowest BCUT2D eigenvalue weighted by molar-refractivity contribution is 0.0142. The summed E-state index contributed by atoms with van der Waals surface area (Å²) in [4.78, 5) is 45.4. The Kier molecular flexibility index (Phi) is 11.1. The predicted molar refractivity (Wildman–Crippen MR) is 197 cm³/mol. The molecule has 15 heteroatoms. The van der Waals surface area contributed by atoms with Crippen molar-refractivity contribution in [2.24, 2.45) is 0 Å². The monoisotopic (exact) mass is 708 g/mol. The van der Waals surface area contributed by atoms with Crippen LogP contribution >= 0.6 is 0 Å². The number of imidazole rings is 1. The van der Waals surface area contributed by atoms with Gasteiger partial charge in [-0.15, -0.1) is 0 Å². The number of carbonyl (C=O) groups excluding carboxylic acids is 2. The van der Waals surface area contributed by atoms with E-state index in [9.17, 15) is 19.8 Å². The third-order valence-electron chi connectivity index (χ3n) is 9.51. The summed E-state index contributed by atoms with van der Waals surface area (Å²) < 4.78 is 6.46. The van der Waals surface area contributed by atoms with Crippen molar-refractivity contribution in [2.75, 3.05) is 42.3 Å². The molecule has 7 rings (SSSR count). The van der Waals surface area contributed by atoms with Gasteiger partial charge in [-0.1, -0.05) is 68.1 Å². The quantitative estimate of drug-likeness (QED) is 0.123. The molecule has 5 atom stereocenters. The number of anilines is 3. The van der Waals surface area contributed by atoms with Crippen molar-refractivity contribution in [3.63, 3.8) is 0 Å². The average molecular weight is 709 g/mol. The van der Waals surface area contributed by atoms with E-state index >= 15 is 0 Å². The first-order chi connectivity index (χ1) is 24.9. The van der Waals surface area contributed by atoms with E-state index in [2.05, 4.69) is 50.5 Å². The molecule has 1 saturated heterocycles. The van der Waals surface area contributed by atoms with E-state index in [1.165, 1.54) is 7.11 Å². The molecule has 52 heavy (non-hydrogen) atoms. The lowest BCUT2D eigenvalue weighted by Gasteiger charge is -2.22. The summed E-state index contributed by atoms with van der Waals surface area (Å²) in [6.07, 6.45) is 2.55. The van der Waals surface area contributed by atoms with Gasteiger partial charge >= 0.3 is 12.1 Å². The Morgan fingerprint density at radius 2 is 1.69 bits per heavy atom. The molecule has 1 aliphatic carbocycles. The van der Waals surface area contributed by atoms with Crippen LogP contribution < -0.4 is 26.2 Å². The third kappa shape index (κ3) is 7.75. The van der Waals surface area contributed by atoms with E-state index in [0.29, 0.717) is 54.7 Å². The number of fused-ring (bicyclic) bond motifs is 1. The van der Waals surface area contributed by atoms with E-state index in [4.69, 9.17) is 19.7 Å². The zero-order chi connectivity index (χ0) is 35.3. The number of nitrogens with one attached hydrogen (secondary N) is 4. The van der Waals surface area contributed by atoms with Crippen molar-refractivity contribution >= 4 is 40.7 Å². The number of hydrogen-bond acceptors (Lipinski definition) is 11. The van der Waals surface area contributed by atoms with E-state index in [0.717, 1.165) is 11.1 Å². The molecule has 1 saturated carbocycles. The van der Waals surface area contributed by atoms with Crippen LogP contribution in [-0.2, 0) is 4.74 Å². The molecular weight excluding hydrogens is 664 g/mol. The predicted octanol–water partition coefficient (Wildman–Crippen LogP) is 3.89. The van der Waals surface area contributed by atoms with Gasteiger partial charge in [-0.2, -0.15) is 9.97 Å². The second-order valence-electron chi connectivity index (χ2n) is 12.7. The molecule has 1 aliphatic heterocycles. The molecule has 272 valence electrons. The van der Waals surface area contributed by atoms with Crippen molar-refractivity contribution in [3.8, 4) is 0 Å². The molecule has 2 aliphatic rings. The summed E-state index contributed by atoms with van der Waals surface area (Å²) in [6, 6.07) is 22.1. The highest BCUT2D eigenvalue weighted by molar-refractivity contribution is 5.89. The number of carbonyl (C=O) groups is 2. The Balaban J connectivity index is 0.00000464. The fraction of sp³-hybridized carbons (Fsp3) is 0.351. The Morgan fingerprint density at radius 3 is 2.37 bits per heavy atom. The van der Waals surface area contributed by atoms with Crippen LogP contribution in [0.15, 0.2) is 91.5 Å². The summed E-state index contributed by atoms with van der Waals surface area (Å²) in [5, 5.41) is 34.0. The molecule has 4 heterocycles. The number of methoxy groups -OCH3 is 1. The minimum absolute atomic E-state index is 0.